The Morgan fingerprint density at radius 1 is 0.657 bits per heavy atom. The maximum absolute atomic E-state index is 10.9. The number of rotatable bonds is 12. The molecule has 1 amide bonds. The van der Waals surface area contributed by atoms with Gasteiger partial charge in [0.2, 0.25) is 6.41 Å². The fraction of sp³-hybridized carbons (Fsp3) is 0.194. The molecule has 0 bridgehead atoms. The molecule has 0 aromatic heterocycles. The summed E-state index contributed by atoms with van der Waals surface area (Å²) < 4.78 is 11.9. The molecule has 0 saturated heterocycles. The van der Waals surface area contributed by atoms with Crippen molar-refractivity contribution in [3.63, 3.8) is 0 Å². The molecule has 0 fully saturated rings. The van der Waals surface area contributed by atoms with Crippen molar-refractivity contribution in [3.8, 4) is 11.5 Å². The van der Waals surface area contributed by atoms with Crippen LogP contribution in [0, 0.1) is 0 Å². The van der Waals surface area contributed by atoms with Crippen LogP contribution in [0.25, 0.3) is 0 Å². The van der Waals surface area contributed by atoms with Crippen molar-refractivity contribution in [1.82, 2.24) is 5.32 Å². The van der Waals surface area contributed by atoms with E-state index in [2.05, 4.69) is 60.8 Å². The van der Waals surface area contributed by atoms with Gasteiger partial charge in [0.1, 0.15) is 24.7 Å². The minimum absolute atomic E-state index is 0.286. The molecule has 4 aromatic rings. The largest absolute Gasteiger partial charge is 0.489 e. The van der Waals surface area contributed by atoms with Gasteiger partial charge in [-0.05, 0) is 52.9 Å². The standard InChI is InChI=1S/C31H31NO3/c1-31(20-21-32-24-33,27-12-16-29(17-13-27)34-22-25-8-4-2-5-9-25)28-14-18-30(19-15-28)35-23-26-10-6-3-7-11-26/h2-19,24H,20-23H2,1H3,(H,32,33). The fourth-order valence-electron chi connectivity index (χ4n) is 4.16. The summed E-state index contributed by atoms with van der Waals surface area (Å²) in [7, 11) is 0. The summed E-state index contributed by atoms with van der Waals surface area (Å²) >= 11 is 0. The molecule has 178 valence electrons. The van der Waals surface area contributed by atoms with Crippen molar-refractivity contribution >= 4 is 6.41 Å². The number of carbonyl (C=O) groups is 1. The second kappa shape index (κ2) is 11.9. The Hall–Kier alpha value is -4.05. The van der Waals surface area contributed by atoms with Crippen LogP contribution < -0.4 is 14.8 Å². The van der Waals surface area contributed by atoms with Crippen LogP contribution >= 0.6 is 0 Å². The number of amides is 1. The summed E-state index contributed by atoms with van der Waals surface area (Å²) in [5, 5.41) is 2.81. The molecule has 4 rings (SSSR count). The van der Waals surface area contributed by atoms with Crippen LogP contribution in [-0.2, 0) is 23.4 Å². The first-order valence-corrected chi connectivity index (χ1v) is 11.9. The molecular formula is C31H31NO3. The van der Waals surface area contributed by atoms with E-state index >= 15 is 0 Å². The topological polar surface area (TPSA) is 47.6 Å². The Labute approximate surface area is 207 Å². The van der Waals surface area contributed by atoms with Crippen LogP contribution in [0.2, 0.25) is 0 Å². The molecule has 4 heteroatoms. The predicted octanol–water partition coefficient (Wildman–Crippen LogP) is 6.29. The number of hydrogen-bond donors (Lipinski definition) is 1. The predicted molar refractivity (Wildman–Crippen MR) is 140 cm³/mol. The highest BCUT2D eigenvalue weighted by Crippen LogP contribution is 2.37. The van der Waals surface area contributed by atoms with E-state index in [-0.39, 0.29) is 5.41 Å². The van der Waals surface area contributed by atoms with Gasteiger partial charge in [0, 0.05) is 12.0 Å². The van der Waals surface area contributed by atoms with Crippen LogP contribution in [0.4, 0.5) is 0 Å². The molecule has 0 spiro atoms. The Kier molecular flexibility index (Phi) is 8.18. The van der Waals surface area contributed by atoms with Crippen LogP contribution in [0.1, 0.15) is 35.6 Å². The van der Waals surface area contributed by atoms with Crippen LogP contribution in [0.15, 0.2) is 109 Å². The summed E-state index contributed by atoms with van der Waals surface area (Å²) in [6, 6.07) is 36.8. The SMILES string of the molecule is CC(CCNC=O)(c1ccc(OCc2ccccc2)cc1)c1ccc(OCc2ccccc2)cc1. The third kappa shape index (κ3) is 6.51. The van der Waals surface area contributed by atoms with Gasteiger partial charge in [-0.1, -0.05) is 91.9 Å². The minimum Gasteiger partial charge on any atom is -0.489 e. The quantitative estimate of drug-likeness (QED) is 0.198. The maximum Gasteiger partial charge on any atom is 0.207 e. The number of nitrogens with one attached hydrogen (secondary N) is 1. The lowest BCUT2D eigenvalue weighted by Gasteiger charge is -2.31. The third-order valence-corrected chi connectivity index (χ3v) is 6.33. The van der Waals surface area contributed by atoms with Crippen molar-refractivity contribution in [2.75, 3.05) is 6.54 Å². The van der Waals surface area contributed by atoms with E-state index in [4.69, 9.17) is 9.47 Å². The molecule has 0 saturated carbocycles. The fourth-order valence-corrected chi connectivity index (χ4v) is 4.16. The second-order valence-corrected chi connectivity index (χ2v) is 8.75. The van der Waals surface area contributed by atoms with E-state index < -0.39 is 0 Å². The summed E-state index contributed by atoms with van der Waals surface area (Å²) in [5.74, 6) is 1.66. The van der Waals surface area contributed by atoms with E-state index in [1.165, 1.54) is 0 Å². The molecule has 0 aliphatic carbocycles. The zero-order chi connectivity index (χ0) is 24.3. The molecular weight excluding hydrogens is 434 g/mol. The molecule has 0 aliphatic heterocycles. The van der Waals surface area contributed by atoms with Crippen molar-refractivity contribution in [3.05, 3.63) is 131 Å². The van der Waals surface area contributed by atoms with Crippen LogP contribution in [0.5, 0.6) is 11.5 Å². The lowest BCUT2D eigenvalue weighted by Crippen LogP contribution is -2.29. The molecule has 0 atom stereocenters. The van der Waals surface area contributed by atoms with Crippen LogP contribution in [0.3, 0.4) is 0 Å². The third-order valence-electron chi connectivity index (χ3n) is 6.33. The van der Waals surface area contributed by atoms with E-state index in [1.807, 2.05) is 60.7 Å². The summed E-state index contributed by atoms with van der Waals surface area (Å²) in [6.45, 7) is 3.86. The zero-order valence-corrected chi connectivity index (χ0v) is 20.0. The van der Waals surface area contributed by atoms with Crippen molar-refractivity contribution in [2.45, 2.75) is 32.0 Å². The van der Waals surface area contributed by atoms with Gasteiger partial charge in [-0.2, -0.15) is 0 Å². The highest BCUT2D eigenvalue weighted by Gasteiger charge is 2.28. The molecule has 4 nitrogen and oxygen atoms in total. The molecule has 0 heterocycles. The Morgan fingerprint density at radius 3 is 1.49 bits per heavy atom. The van der Waals surface area contributed by atoms with Gasteiger partial charge in [0.25, 0.3) is 0 Å². The van der Waals surface area contributed by atoms with Gasteiger partial charge in [0.15, 0.2) is 0 Å². The number of ether oxygens (including phenoxy) is 2. The normalized spacial score (nSPS) is 11.0. The van der Waals surface area contributed by atoms with Crippen molar-refractivity contribution in [2.24, 2.45) is 0 Å². The van der Waals surface area contributed by atoms with Crippen molar-refractivity contribution < 1.29 is 14.3 Å². The number of hydrogen-bond acceptors (Lipinski definition) is 3. The van der Waals surface area contributed by atoms with Gasteiger partial charge in [0.05, 0.1) is 0 Å². The van der Waals surface area contributed by atoms with E-state index in [0.717, 1.165) is 46.6 Å². The molecule has 1 N–H and O–H groups in total. The average molecular weight is 466 g/mol. The Morgan fingerprint density at radius 2 is 1.09 bits per heavy atom. The molecule has 35 heavy (non-hydrogen) atoms. The first-order valence-electron chi connectivity index (χ1n) is 11.9. The van der Waals surface area contributed by atoms with Gasteiger partial charge < -0.3 is 14.8 Å². The first-order chi connectivity index (χ1) is 17.2. The summed E-state index contributed by atoms with van der Waals surface area (Å²) in [5.41, 5.74) is 4.31. The molecule has 0 aliphatic rings. The molecule has 4 aromatic carbocycles. The van der Waals surface area contributed by atoms with Gasteiger partial charge in [-0.3, -0.25) is 4.79 Å². The van der Waals surface area contributed by atoms with E-state index in [9.17, 15) is 4.79 Å². The molecule has 0 unspecified atom stereocenters. The Bertz CT molecular complexity index is 1090. The van der Waals surface area contributed by atoms with Gasteiger partial charge >= 0.3 is 0 Å². The van der Waals surface area contributed by atoms with Crippen LogP contribution in [-0.4, -0.2) is 13.0 Å². The lowest BCUT2D eigenvalue weighted by atomic mass is 9.73. The summed E-state index contributed by atoms with van der Waals surface area (Å²) in [4.78, 5) is 10.9. The average Bonchev–Trinajstić information content (AvgIpc) is 2.92. The highest BCUT2D eigenvalue weighted by atomic mass is 16.5. The van der Waals surface area contributed by atoms with E-state index in [1.54, 1.807) is 0 Å². The maximum atomic E-state index is 10.9. The highest BCUT2D eigenvalue weighted by molar-refractivity contribution is 5.47. The first kappa shape index (κ1) is 24.1. The van der Waals surface area contributed by atoms with Crippen molar-refractivity contribution in [1.29, 1.82) is 0 Å². The monoisotopic (exact) mass is 465 g/mol. The minimum atomic E-state index is -0.286. The number of benzene rings is 4. The van der Waals surface area contributed by atoms with Gasteiger partial charge in [-0.15, -0.1) is 0 Å². The molecule has 0 radical (unpaired) electrons. The zero-order valence-electron chi connectivity index (χ0n) is 20.0. The van der Waals surface area contributed by atoms with Gasteiger partial charge in [-0.25, -0.2) is 0 Å². The smallest absolute Gasteiger partial charge is 0.207 e. The lowest BCUT2D eigenvalue weighted by molar-refractivity contribution is -0.109. The van der Waals surface area contributed by atoms with E-state index in [0.29, 0.717) is 19.8 Å². The Balaban J connectivity index is 1.48. The number of carbonyl (C=O) groups excluding carboxylic acids is 1. The second-order valence-electron chi connectivity index (χ2n) is 8.75. The summed E-state index contributed by atoms with van der Waals surface area (Å²) in [6.07, 6.45) is 1.52.